The molecule has 1 aromatic heterocycles. The summed E-state index contributed by atoms with van der Waals surface area (Å²) in [6.45, 7) is 8.80. The van der Waals surface area contributed by atoms with Crippen molar-refractivity contribution in [1.29, 1.82) is 0 Å². The van der Waals surface area contributed by atoms with Gasteiger partial charge in [0.15, 0.2) is 11.5 Å². The molecule has 1 atom stereocenters. The number of amides is 2. The number of nitrogens with one attached hydrogen (secondary N) is 1. The highest BCUT2D eigenvalue weighted by Crippen LogP contribution is 2.38. The molecular formula is C27H32N4O4. The number of methoxy groups -OCH3 is 2. The van der Waals surface area contributed by atoms with Crippen molar-refractivity contribution in [2.45, 2.75) is 40.2 Å². The SMILES string of the molecule is CCc1ccc(C2NC(=O)N(CC(C)C)C(C)=C2c2nc(-c3ccc(OC)c(OC)c3)no2)cc1. The molecule has 0 saturated carbocycles. The van der Waals surface area contributed by atoms with Crippen molar-refractivity contribution < 1.29 is 18.8 Å². The molecule has 1 aliphatic heterocycles. The quantitative estimate of drug-likeness (QED) is 0.464. The zero-order valence-electron chi connectivity index (χ0n) is 21.1. The van der Waals surface area contributed by atoms with E-state index in [-0.39, 0.29) is 6.03 Å². The molecule has 0 radical (unpaired) electrons. The maximum atomic E-state index is 13.1. The van der Waals surface area contributed by atoms with E-state index in [1.807, 2.05) is 31.2 Å². The van der Waals surface area contributed by atoms with Gasteiger partial charge in [0, 0.05) is 17.8 Å². The van der Waals surface area contributed by atoms with Gasteiger partial charge in [-0.05, 0) is 48.6 Å². The molecule has 35 heavy (non-hydrogen) atoms. The van der Waals surface area contributed by atoms with Crippen molar-refractivity contribution in [3.8, 4) is 22.9 Å². The van der Waals surface area contributed by atoms with Crippen LogP contribution in [0.4, 0.5) is 4.79 Å². The Morgan fingerprint density at radius 2 is 1.80 bits per heavy atom. The van der Waals surface area contributed by atoms with Crippen molar-refractivity contribution in [3.05, 3.63) is 65.2 Å². The molecule has 8 nitrogen and oxygen atoms in total. The minimum Gasteiger partial charge on any atom is -0.493 e. The number of hydrogen-bond donors (Lipinski definition) is 1. The Labute approximate surface area is 205 Å². The number of nitrogens with zero attached hydrogens (tertiary/aromatic N) is 3. The molecule has 2 aromatic carbocycles. The van der Waals surface area contributed by atoms with Gasteiger partial charge in [-0.15, -0.1) is 0 Å². The summed E-state index contributed by atoms with van der Waals surface area (Å²) in [7, 11) is 3.17. The highest BCUT2D eigenvalue weighted by molar-refractivity contribution is 5.87. The molecule has 1 N–H and O–H groups in total. The van der Waals surface area contributed by atoms with Crippen LogP contribution in [0.5, 0.6) is 11.5 Å². The monoisotopic (exact) mass is 476 g/mol. The van der Waals surface area contributed by atoms with E-state index in [9.17, 15) is 4.79 Å². The zero-order valence-corrected chi connectivity index (χ0v) is 21.1. The molecule has 4 rings (SSSR count). The smallest absolute Gasteiger partial charge is 0.322 e. The first-order chi connectivity index (χ1) is 16.9. The number of rotatable bonds is 8. The van der Waals surface area contributed by atoms with Crippen molar-refractivity contribution in [3.63, 3.8) is 0 Å². The van der Waals surface area contributed by atoms with E-state index in [0.29, 0.717) is 35.7 Å². The minimum absolute atomic E-state index is 0.135. The summed E-state index contributed by atoms with van der Waals surface area (Å²) < 4.78 is 16.5. The lowest BCUT2D eigenvalue weighted by molar-refractivity contribution is 0.199. The van der Waals surface area contributed by atoms with Crippen molar-refractivity contribution in [2.24, 2.45) is 5.92 Å². The summed E-state index contributed by atoms with van der Waals surface area (Å²) in [6, 6.07) is 13.2. The first-order valence-corrected chi connectivity index (χ1v) is 11.8. The van der Waals surface area contributed by atoms with Crippen LogP contribution in [-0.2, 0) is 6.42 Å². The van der Waals surface area contributed by atoms with E-state index in [0.717, 1.165) is 28.8 Å². The van der Waals surface area contributed by atoms with E-state index in [4.69, 9.17) is 19.0 Å². The number of carbonyl (C=O) groups is 1. The second-order valence-corrected chi connectivity index (χ2v) is 8.97. The van der Waals surface area contributed by atoms with Crippen LogP contribution in [0.1, 0.15) is 50.8 Å². The molecule has 0 bridgehead atoms. The lowest BCUT2D eigenvalue weighted by atomic mass is 9.93. The fourth-order valence-corrected chi connectivity index (χ4v) is 4.26. The second-order valence-electron chi connectivity index (χ2n) is 8.97. The van der Waals surface area contributed by atoms with Gasteiger partial charge in [-0.1, -0.05) is 50.2 Å². The standard InChI is InChI=1S/C27H32N4O4/c1-7-18-8-10-19(11-9-18)24-23(17(4)31(15-16(2)3)27(32)28-24)26-29-25(30-35-26)20-12-13-21(33-5)22(14-20)34-6/h8-14,16,24H,7,15H2,1-6H3,(H,28,32). The Morgan fingerprint density at radius 1 is 1.09 bits per heavy atom. The number of allylic oxidation sites excluding steroid dienone is 1. The highest BCUT2D eigenvalue weighted by Gasteiger charge is 2.36. The number of aryl methyl sites for hydroxylation is 1. The zero-order chi connectivity index (χ0) is 25.1. The molecule has 2 amide bonds. The van der Waals surface area contributed by atoms with Gasteiger partial charge in [0.1, 0.15) is 0 Å². The lowest BCUT2D eigenvalue weighted by Crippen LogP contribution is -2.47. The van der Waals surface area contributed by atoms with Crippen LogP contribution in [0.3, 0.4) is 0 Å². The van der Waals surface area contributed by atoms with Crippen LogP contribution < -0.4 is 14.8 Å². The molecule has 0 fully saturated rings. The number of benzene rings is 2. The molecule has 0 aliphatic carbocycles. The van der Waals surface area contributed by atoms with Crippen LogP contribution in [0.2, 0.25) is 0 Å². The van der Waals surface area contributed by atoms with Crippen molar-refractivity contribution >= 4 is 11.6 Å². The van der Waals surface area contributed by atoms with E-state index in [1.165, 1.54) is 5.56 Å². The Morgan fingerprint density at radius 3 is 2.43 bits per heavy atom. The Kier molecular flexibility index (Phi) is 7.10. The first kappa shape index (κ1) is 24.3. The van der Waals surface area contributed by atoms with Crippen LogP contribution in [0, 0.1) is 5.92 Å². The van der Waals surface area contributed by atoms with Gasteiger partial charge in [0.25, 0.3) is 5.89 Å². The summed E-state index contributed by atoms with van der Waals surface area (Å²) in [5.74, 6) is 2.28. The predicted molar refractivity (Wildman–Crippen MR) is 134 cm³/mol. The molecular weight excluding hydrogens is 444 g/mol. The van der Waals surface area contributed by atoms with E-state index < -0.39 is 6.04 Å². The fourth-order valence-electron chi connectivity index (χ4n) is 4.26. The molecule has 2 heterocycles. The summed E-state index contributed by atoms with van der Waals surface area (Å²) in [4.78, 5) is 19.5. The topological polar surface area (TPSA) is 89.7 Å². The average molecular weight is 477 g/mol. The van der Waals surface area contributed by atoms with E-state index in [1.54, 1.807) is 25.2 Å². The predicted octanol–water partition coefficient (Wildman–Crippen LogP) is 5.47. The summed E-state index contributed by atoms with van der Waals surface area (Å²) in [5.41, 5.74) is 4.51. The second kappa shape index (κ2) is 10.2. The maximum Gasteiger partial charge on any atom is 0.322 e. The Balaban J connectivity index is 1.79. The van der Waals surface area contributed by atoms with Gasteiger partial charge >= 0.3 is 6.03 Å². The number of carbonyl (C=O) groups excluding carboxylic acids is 1. The van der Waals surface area contributed by atoms with Crippen molar-refractivity contribution in [2.75, 3.05) is 20.8 Å². The fraction of sp³-hybridized carbons (Fsp3) is 0.370. The maximum absolute atomic E-state index is 13.1. The Bertz CT molecular complexity index is 1230. The number of hydrogen-bond acceptors (Lipinski definition) is 6. The normalized spacial score (nSPS) is 16.0. The van der Waals surface area contributed by atoms with Crippen LogP contribution in [0.25, 0.3) is 17.0 Å². The molecule has 0 spiro atoms. The number of aromatic nitrogens is 2. The van der Waals surface area contributed by atoms with Crippen LogP contribution >= 0.6 is 0 Å². The molecule has 1 aliphatic rings. The lowest BCUT2D eigenvalue weighted by Gasteiger charge is -2.36. The molecule has 1 unspecified atom stereocenters. The number of ether oxygens (including phenoxy) is 2. The van der Waals surface area contributed by atoms with Gasteiger partial charge < -0.3 is 19.3 Å². The number of urea groups is 1. The summed E-state index contributed by atoms with van der Waals surface area (Å²) in [5, 5.41) is 7.39. The average Bonchev–Trinajstić information content (AvgIpc) is 3.35. The molecule has 184 valence electrons. The molecule has 8 heteroatoms. The first-order valence-electron chi connectivity index (χ1n) is 11.8. The van der Waals surface area contributed by atoms with Gasteiger partial charge in [-0.25, -0.2) is 4.79 Å². The van der Waals surface area contributed by atoms with E-state index in [2.05, 4.69) is 43.4 Å². The molecule has 3 aromatic rings. The van der Waals surface area contributed by atoms with Gasteiger partial charge in [0.05, 0.1) is 25.8 Å². The van der Waals surface area contributed by atoms with E-state index >= 15 is 0 Å². The van der Waals surface area contributed by atoms with Crippen LogP contribution in [0.15, 0.2) is 52.7 Å². The minimum atomic E-state index is -0.407. The highest BCUT2D eigenvalue weighted by atomic mass is 16.5. The summed E-state index contributed by atoms with van der Waals surface area (Å²) >= 11 is 0. The van der Waals surface area contributed by atoms with Gasteiger partial charge in [-0.2, -0.15) is 4.98 Å². The largest absolute Gasteiger partial charge is 0.493 e. The van der Waals surface area contributed by atoms with Crippen LogP contribution in [-0.4, -0.2) is 41.8 Å². The third-order valence-corrected chi connectivity index (χ3v) is 6.16. The third-order valence-electron chi connectivity index (χ3n) is 6.16. The van der Waals surface area contributed by atoms with Gasteiger partial charge in [-0.3, -0.25) is 4.90 Å². The summed E-state index contributed by atoms with van der Waals surface area (Å²) in [6.07, 6.45) is 0.944. The molecule has 0 saturated heterocycles. The van der Waals surface area contributed by atoms with Crippen molar-refractivity contribution in [1.82, 2.24) is 20.4 Å². The Hall–Kier alpha value is -3.81. The third kappa shape index (κ3) is 4.87. The van der Waals surface area contributed by atoms with Gasteiger partial charge in [0.2, 0.25) is 5.82 Å².